The topological polar surface area (TPSA) is 123 Å². The van der Waals surface area contributed by atoms with Crippen LogP contribution < -0.4 is 4.74 Å². The third kappa shape index (κ3) is 2.52. The smallest absolute Gasteiger partial charge is 0.219 e. The Bertz CT molecular complexity index is 1230. The average molecular weight is 467 g/mol. The van der Waals surface area contributed by atoms with Crippen LogP contribution >= 0.6 is 23.2 Å². The molecule has 160 valence electrons. The molecule has 0 aliphatic carbocycles. The molecule has 2 fully saturated rings. The van der Waals surface area contributed by atoms with Crippen LogP contribution in [0.3, 0.4) is 0 Å². The quantitative estimate of drug-likeness (QED) is 0.668. The van der Waals surface area contributed by atoms with Crippen molar-refractivity contribution in [2.24, 2.45) is 10.8 Å². The van der Waals surface area contributed by atoms with E-state index in [0.29, 0.717) is 11.3 Å². The van der Waals surface area contributed by atoms with E-state index in [4.69, 9.17) is 42.8 Å². The van der Waals surface area contributed by atoms with Crippen molar-refractivity contribution in [1.82, 2.24) is 0 Å². The SMILES string of the molecule is COc1ccccc1C1C2(C)OC(=N)C1(C#N)C(C#N)(C#N)C(c1c(Cl)cccc1Cl)O2. The summed E-state index contributed by atoms with van der Waals surface area (Å²) in [7, 11) is 1.46. The predicted molar refractivity (Wildman–Crippen MR) is 115 cm³/mol. The number of hydrogen-bond acceptors (Lipinski definition) is 7. The Hall–Kier alpha value is -3.28. The van der Waals surface area contributed by atoms with E-state index in [0.717, 1.165) is 0 Å². The summed E-state index contributed by atoms with van der Waals surface area (Å²) in [5, 5.41) is 40.3. The largest absolute Gasteiger partial charge is 0.496 e. The van der Waals surface area contributed by atoms with Gasteiger partial charge in [0.1, 0.15) is 11.9 Å². The highest BCUT2D eigenvalue weighted by Gasteiger charge is 2.80. The molecule has 1 N–H and O–H groups in total. The minimum atomic E-state index is -2.21. The molecular formula is C23H16Cl2N4O3. The lowest BCUT2D eigenvalue weighted by atomic mass is 9.52. The lowest BCUT2D eigenvalue weighted by molar-refractivity contribution is -0.253. The summed E-state index contributed by atoms with van der Waals surface area (Å²) < 4.78 is 17.6. The van der Waals surface area contributed by atoms with E-state index in [2.05, 4.69) is 6.07 Å². The van der Waals surface area contributed by atoms with Crippen molar-refractivity contribution in [3.05, 3.63) is 63.6 Å². The standard InChI is InChI=1S/C23H16Cl2N4O3/c1-21-18(13-6-3-4-9-16(13)30-2)23(12-28,20(29)32-21)22(10-26,11-27)19(31-21)17-14(24)7-5-8-15(17)25/h3-9,18-19,29H,1-2H3. The lowest BCUT2D eigenvalue weighted by Gasteiger charge is -2.49. The third-order valence-electron chi connectivity index (χ3n) is 6.23. The Balaban J connectivity index is 2.10. The molecule has 2 aromatic carbocycles. The zero-order chi connectivity index (χ0) is 23.3. The second-order valence-electron chi connectivity index (χ2n) is 7.71. The number of rotatable bonds is 3. The first-order valence-electron chi connectivity index (χ1n) is 9.52. The van der Waals surface area contributed by atoms with Crippen molar-refractivity contribution in [1.29, 1.82) is 21.2 Å². The number of ether oxygens (including phenoxy) is 3. The van der Waals surface area contributed by atoms with Gasteiger partial charge in [-0.3, -0.25) is 5.41 Å². The van der Waals surface area contributed by atoms with Crippen LogP contribution in [0.1, 0.15) is 30.1 Å². The normalized spacial score (nSPS) is 29.8. The Morgan fingerprint density at radius 3 is 2.19 bits per heavy atom. The summed E-state index contributed by atoms with van der Waals surface area (Å²) in [5.41, 5.74) is -3.60. The van der Waals surface area contributed by atoms with Crippen LogP contribution in [0.15, 0.2) is 42.5 Å². The molecule has 2 heterocycles. The van der Waals surface area contributed by atoms with Gasteiger partial charge in [0.2, 0.25) is 17.1 Å². The van der Waals surface area contributed by atoms with E-state index in [1.54, 1.807) is 49.4 Å². The maximum atomic E-state index is 10.5. The van der Waals surface area contributed by atoms with Crippen LogP contribution in [-0.2, 0) is 9.47 Å². The van der Waals surface area contributed by atoms with Gasteiger partial charge in [-0.1, -0.05) is 47.5 Å². The number of hydrogen-bond donors (Lipinski definition) is 1. The van der Waals surface area contributed by atoms with Crippen molar-refractivity contribution >= 4 is 29.1 Å². The number of nitriles is 3. The lowest BCUT2D eigenvalue weighted by Crippen LogP contribution is -2.57. The van der Waals surface area contributed by atoms with E-state index in [9.17, 15) is 15.8 Å². The van der Waals surface area contributed by atoms with E-state index in [-0.39, 0.29) is 15.6 Å². The molecule has 0 saturated carbocycles. The van der Waals surface area contributed by atoms with Gasteiger partial charge in [0.05, 0.1) is 31.2 Å². The molecule has 0 radical (unpaired) electrons. The van der Waals surface area contributed by atoms with Crippen molar-refractivity contribution < 1.29 is 14.2 Å². The summed E-state index contributed by atoms with van der Waals surface area (Å²) in [5.74, 6) is -2.75. The van der Waals surface area contributed by atoms with Gasteiger partial charge in [-0.05, 0) is 18.2 Å². The fourth-order valence-corrected chi connectivity index (χ4v) is 5.47. The van der Waals surface area contributed by atoms with Gasteiger partial charge in [0, 0.05) is 28.1 Å². The maximum Gasteiger partial charge on any atom is 0.219 e. The first kappa shape index (κ1) is 21.9. The summed E-state index contributed by atoms with van der Waals surface area (Å²) in [6, 6.07) is 17.6. The molecule has 4 rings (SSSR count). The zero-order valence-corrected chi connectivity index (χ0v) is 18.5. The van der Waals surface area contributed by atoms with Crippen molar-refractivity contribution in [3.63, 3.8) is 0 Å². The Kier molecular flexibility index (Phi) is 5.07. The van der Waals surface area contributed by atoms with Gasteiger partial charge < -0.3 is 14.2 Å². The van der Waals surface area contributed by atoms with Crippen LogP contribution in [0.4, 0.5) is 0 Å². The molecule has 32 heavy (non-hydrogen) atoms. The molecular weight excluding hydrogens is 451 g/mol. The maximum absolute atomic E-state index is 10.5. The molecule has 2 aromatic rings. The summed E-state index contributed by atoms with van der Waals surface area (Å²) in [4.78, 5) is 0. The minimum Gasteiger partial charge on any atom is -0.496 e. The van der Waals surface area contributed by atoms with E-state index >= 15 is 0 Å². The second-order valence-corrected chi connectivity index (χ2v) is 8.52. The Labute approximate surface area is 194 Å². The molecule has 2 aliphatic rings. The van der Waals surface area contributed by atoms with Crippen LogP contribution in [0.5, 0.6) is 5.75 Å². The highest BCUT2D eigenvalue weighted by molar-refractivity contribution is 6.36. The third-order valence-corrected chi connectivity index (χ3v) is 6.89. The van der Waals surface area contributed by atoms with Crippen molar-refractivity contribution in [2.75, 3.05) is 7.11 Å². The molecule has 7 nitrogen and oxygen atoms in total. The molecule has 9 heteroatoms. The summed E-state index contributed by atoms with van der Waals surface area (Å²) in [6.45, 7) is 1.56. The van der Waals surface area contributed by atoms with Gasteiger partial charge >= 0.3 is 0 Å². The molecule has 2 saturated heterocycles. The number of fused-ring (bicyclic) bond motifs is 2. The monoisotopic (exact) mass is 466 g/mol. The molecule has 4 atom stereocenters. The number of para-hydroxylation sites is 1. The van der Waals surface area contributed by atoms with Gasteiger partial charge in [0.25, 0.3) is 0 Å². The van der Waals surface area contributed by atoms with Gasteiger partial charge in [-0.2, -0.15) is 15.8 Å². The van der Waals surface area contributed by atoms with Gasteiger partial charge in [-0.15, -0.1) is 0 Å². The highest BCUT2D eigenvalue weighted by Crippen LogP contribution is 2.70. The number of benzene rings is 2. The highest BCUT2D eigenvalue weighted by atomic mass is 35.5. The molecule has 0 amide bonds. The first-order valence-corrected chi connectivity index (χ1v) is 10.3. The number of halogens is 2. The predicted octanol–water partition coefficient (Wildman–Crippen LogP) is 5.12. The average Bonchev–Trinajstić information content (AvgIpc) is 2.96. The van der Waals surface area contributed by atoms with Crippen molar-refractivity contribution in [3.8, 4) is 24.0 Å². The fraction of sp³-hybridized carbons (Fsp3) is 0.304. The summed E-state index contributed by atoms with van der Waals surface area (Å²) in [6.07, 6.45) is -1.36. The fourth-order valence-electron chi connectivity index (χ4n) is 4.87. The van der Waals surface area contributed by atoms with Crippen LogP contribution in [-0.4, -0.2) is 18.8 Å². The van der Waals surface area contributed by atoms with E-state index < -0.39 is 34.5 Å². The second kappa shape index (κ2) is 7.40. The molecule has 0 spiro atoms. The Morgan fingerprint density at radius 1 is 1.00 bits per heavy atom. The molecule has 0 aromatic heterocycles. The molecule has 2 aliphatic heterocycles. The van der Waals surface area contributed by atoms with Crippen LogP contribution in [0.25, 0.3) is 0 Å². The Morgan fingerprint density at radius 2 is 1.62 bits per heavy atom. The summed E-state index contributed by atoms with van der Waals surface area (Å²) >= 11 is 12.8. The first-order chi connectivity index (χ1) is 15.3. The van der Waals surface area contributed by atoms with Gasteiger partial charge in [0.15, 0.2) is 5.41 Å². The van der Waals surface area contributed by atoms with Crippen molar-refractivity contribution in [2.45, 2.75) is 24.7 Å². The van der Waals surface area contributed by atoms with E-state index in [1.807, 2.05) is 12.1 Å². The number of nitrogens with one attached hydrogen (secondary N) is 1. The minimum absolute atomic E-state index is 0.163. The number of methoxy groups -OCH3 is 1. The zero-order valence-electron chi connectivity index (χ0n) is 17.0. The van der Waals surface area contributed by atoms with Crippen LogP contribution in [0, 0.1) is 50.2 Å². The molecule has 2 bridgehead atoms. The molecule has 4 unspecified atom stereocenters. The van der Waals surface area contributed by atoms with E-state index in [1.165, 1.54) is 7.11 Å². The van der Waals surface area contributed by atoms with Gasteiger partial charge in [-0.25, -0.2) is 0 Å². The number of nitrogens with zero attached hydrogens (tertiary/aromatic N) is 3. The van der Waals surface area contributed by atoms with Crippen LogP contribution in [0.2, 0.25) is 10.0 Å².